The Kier molecular flexibility index (Phi) is 6.50. The van der Waals surface area contributed by atoms with Crippen LogP contribution in [-0.2, 0) is 14.8 Å². The molecule has 36 heavy (non-hydrogen) atoms. The number of fused-ring (bicyclic) bond motifs is 1. The zero-order valence-electron chi connectivity index (χ0n) is 19.9. The maximum Gasteiger partial charge on any atom is 0.322 e. The molecule has 11 heteroatoms. The molecule has 0 unspecified atom stereocenters. The minimum Gasteiger partial charge on any atom is -0.490 e. The van der Waals surface area contributed by atoms with E-state index in [1.807, 2.05) is 32.0 Å². The largest absolute Gasteiger partial charge is 0.490 e. The molecule has 1 N–H and O–H groups in total. The number of furan rings is 1. The van der Waals surface area contributed by atoms with Gasteiger partial charge in [-0.2, -0.15) is 4.31 Å². The molecule has 0 radical (unpaired) electrons. The van der Waals surface area contributed by atoms with Gasteiger partial charge < -0.3 is 13.6 Å². The van der Waals surface area contributed by atoms with Gasteiger partial charge in [0.05, 0.1) is 11.5 Å². The van der Waals surface area contributed by atoms with Crippen LogP contribution in [0.1, 0.15) is 25.3 Å². The molecule has 2 aromatic heterocycles. The second-order valence-electron chi connectivity index (χ2n) is 8.61. The number of aromatic nitrogens is 2. The lowest BCUT2D eigenvalue weighted by atomic mass is 9.97. The average Bonchev–Trinajstić information content (AvgIpc) is 3.52. The summed E-state index contributed by atoms with van der Waals surface area (Å²) in [5.41, 5.74) is 1.56. The zero-order chi connectivity index (χ0) is 25.3. The topological polar surface area (TPSA) is 128 Å². The first-order valence-corrected chi connectivity index (χ1v) is 13.2. The number of ether oxygens (including phenoxy) is 1. The summed E-state index contributed by atoms with van der Waals surface area (Å²) in [6, 6.07) is 14.0. The molecule has 2 aromatic carbocycles. The lowest BCUT2D eigenvalue weighted by Gasteiger charge is -2.30. The van der Waals surface area contributed by atoms with E-state index in [1.165, 1.54) is 4.31 Å². The molecule has 3 heterocycles. The molecule has 0 saturated carbocycles. The second kappa shape index (κ2) is 9.75. The van der Waals surface area contributed by atoms with E-state index in [0.717, 1.165) is 10.9 Å². The summed E-state index contributed by atoms with van der Waals surface area (Å²) < 4.78 is 44.3. The summed E-state index contributed by atoms with van der Waals surface area (Å²) in [5, 5.41) is 11.4. The molecule has 1 fully saturated rings. The number of nitrogens with zero attached hydrogens (tertiary/aromatic N) is 3. The van der Waals surface area contributed by atoms with Crippen LogP contribution in [0.5, 0.6) is 5.75 Å². The summed E-state index contributed by atoms with van der Waals surface area (Å²) in [6.07, 6.45) is 0.781. The van der Waals surface area contributed by atoms with Crippen molar-refractivity contribution in [1.29, 1.82) is 0 Å². The molecule has 0 aliphatic carbocycles. The molecular formula is C25H26N4O6S. The summed E-state index contributed by atoms with van der Waals surface area (Å²) in [5.74, 6) is 0.443. The Morgan fingerprint density at radius 3 is 2.58 bits per heavy atom. The third kappa shape index (κ3) is 4.71. The minimum atomic E-state index is -3.59. The molecule has 1 aliphatic heterocycles. The number of hydrogen-bond donors (Lipinski definition) is 1. The number of sulfonamides is 1. The molecule has 0 spiro atoms. The molecule has 1 aliphatic rings. The second-order valence-corrected chi connectivity index (χ2v) is 10.5. The summed E-state index contributed by atoms with van der Waals surface area (Å²) in [4.78, 5) is 13.0. The maximum absolute atomic E-state index is 12.9. The normalized spacial score (nSPS) is 15.3. The zero-order valence-corrected chi connectivity index (χ0v) is 20.7. The van der Waals surface area contributed by atoms with Gasteiger partial charge in [0.25, 0.3) is 5.89 Å². The van der Waals surface area contributed by atoms with Gasteiger partial charge in [-0.1, -0.05) is 34.9 Å². The fraction of sp³-hybridized carbons (Fsp3) is 0.320. The number of nitrogens with one attached hydrogen (secondary N) is 1. The van der Waals surface area contributed by atoms with Crippen LogP contribution in [0.25, 0.3) is 22.6 Å². The van der Waals surface area contributed by atoms with Crippen molar-refractivity contribution in [2.45, 2.75) is 31.6 Å². The van der Waals surface area contributed by atoms with E-state index < -0.39 is 10.0 Å². The van der Waals surface area contributed by atoms with Crippen molar-refractivity contribution >= 4 is 32.9 Å². The number of hydrogen-bond acceptors (Lipinski definition) is 8. The van der Waals surface area contributed by atoms with Gasteiger partial charge >= 0.3 is 6.01 Å². The first-order chi connectivity index (χ1) is 17.3. The average molecular weight is 511 g/mol. The van der Waals surface area contributed by atoms with E-state index in [2.05, 4.69) is 15.5 Å². The predicted octanol–water partition coefficient (Wildman–Crippen LogP) is 4.23. The van der Waals surface area contributed by atoms with Gasteiger partial charge in [-0.05, 0) is 51.0 Å². The van der Waals surface area contributed by atoms with Crippen molar-refractivity contribution < 1.29 is 26.8 Å². The van der Waals surface area contributed by atoms with Gasteiger partial charge in [0.2, 0.25) is 15.9 Å². The van der Waals surface area contributed by atoms with Crippen LogP contribution in [0.2, 0.25) is 0 Å². The monoisotopic (exact) mass is 510 g/mol. The minimum absolute atomic E-state index is 0.0461. The quantitative estimate of drug-likeness (QED) is 0.391. The van der Waals surface area contributed by atoms with Crippen LogP contribution in [0.4, 0.5) is 6.01 Å². The standard InChI is InChI=1S/C25H26N4O6S/c1-3-33-20-6-4-5-18-15-21(34-22(18)20)24-27-28-25(35-24)26-23(30)17-11-13-29(14-12-17)36(31,32)19-9-7-16(2)8-10-19/h4-10,15,17H,3,11-14H2,1-2H3,(H,26,28,30). The van der Waals surface area contributed by atoms with Crippen molar-refractivity contribution in [3.05, 3.63) is 54.1 Å². The van der Waals surface area contributed by atoms with Gasteiger partial charge in [0, 0.05) is 24.4 Å². The molecule has 1 amide bonds. The fourth-order valence-corrected chi connectivity index (χ4v) is 5.68. The Morgan fingerprint density at radius 1 is 1.11 bits per heavy atom. The van der Waals surface area contributed by atoms with Crippen molar-refractivity contribution in [2.24, 2.45) is 5.92 Å². The molecule has 10 nitrogen and oxygen atoms in total. The number of anilines is 1. The number of amides is 1. The maximum atomic E-state index is 12.9. The van der Waals surface area contributed by atoms with E-state index in [9.17, 15) is 13.2 Å². The van der Waals surface area contributed by atoms with Gasteiger partial charge in [-0.15, -0.1) is 5.10 Å². The van der Waals surface area contributed by atoms with E-state index in [1.54, 1.807) is 30.3 Å². The van der Waals surface area contributed by atoms with Crippen molar-refractivity contribution in [1.82, 2.24) is 14.5 Å². The highest BCUT2D eigenvalue weighted by molar-refractivity contribution is 7.89. The van der Waals surface area contributed by atoms with Crippen LogP contribution in [0.15, 0.2) is 62.3 Å². The van der Waals surface area contributed by atoms with Gasteiger partial charge in [0.1, 0.15) is 0 Å². The molecule has 188 valence electrons. The van der Waals surface area contributed by atoms with Gasteiger partial charge in [0.15, 0.2) is 17.1 Å². The van der Waals surface area contributed by atoms with Gasteiger partial charge in [-0.25, -0.2) is 8.42 Å². The summed E-state index contributed by atoms with van der Waals surface area (Å²) in [7, 11) is -3.59. The smallest absolute Gasteiger partial charge is 0.322 e. The first-order valence-electron chi connectivity index (χ1n) is 11.7. The number of rotatable bonds is 7. The van der Waals surface area contributed by atoms with Crippen LogP contribution in [0, 0.1) is 12.8 Å². The Bertz CT molecular complexity index is 1480. The van der Waals surface area contributed by atoms with Crippen molar-refractivity contribution in [2.75, 3.05) is 25.0 Å². The van der Waals surface area contributed by atoms with Crippen molar-refractivity contribution in [3.8, 4) is 17.4 Å². The highest BCUT2D eigenvalue weighted by atomic mass is 32.2. The van der Waals surface area contributed by atoms with E-state index >= 15 is 0 Å². The van der Waals surface area contributed by atoms with Crippen LogP contribution in [0.3, 0.4) is 0 Å². The lowest BCUT2D eigenvalue weighted by Crippen LogP contribution is -2.41. The number of aryl methyl sites for hydroxylation is 1. The summed E-state index contributed by atoms with van der Waals surface area (Å²) in [6.45, 7) is 4.81. The summed E-state index contributed by atoms with van der Waals surface area (Å²) >= 11 is 0. The Balaban J connectivity index is 1.22. The Labute approximate surface area is 208 Å². The predicted molar refractivity (Wildman–Crippen MR) is 132 cm³/mol. The highest BCUT2D eigenvalue weighted by Crippen LogP contribution is 2.33. The molecular weight excluding hydrogens is 484 g/mol. The van der Waals surface area contributed by atoms with E-state index in [0.29, 0.717) is 36.5 Å². The molecule has 0 atom stereocenters. The third-order valence-corrected chi connectivity index (χ3v) is 8.07. The van der Waals surface area contributed by atoms with Crippen molar-refractivity contribution in [3.63, 3.8) is 0 Å². The first kappa shape index (κ1) is 24.0. The molecule has 5 rings (SSSR count). The van der Waals surface area contributed by atoms with Crippen LogP contribution in [-0.4, -0.2) is 48.5 Å². The number of piperidine rings is 1. The number of benzene rings is 2. The number of carbonyl (C=O) groups excluding carboxylic acids is 1. The molecule has 1 saturated heterocycles. The lowest BCUT2D eigenvalue weighted by molar-refractivity contribution is -0.121. The highest BCUT2D eigenvalue weighted by Gasteiger charge is 2.32. The third-order valence-electron chi connectivity index (χ3n) is 6.16. The molecule has 4 aromatic rings. The Morgan fingerprint density at radius 2 is 1.86 bits per heavy atom. The SMILES string of the molecule is CCOc1cccc2cc(-c3nnc(NC(=O)C4CCN(S(=O)(=O)c5ccc(C)cc5)CC4)o3)oc12. The fourth-order valence-electron chi connectivity index (χ4n) is 4.21. The van der Waals surface area contributed by atoms with Crippen LogP contribution >= 0.6 is 0 Å². The van der Waals surface area contributed by atoms with Crippen LogP contribution < -0.4 is 10.1 Å². The number of para-hydroxylation sites is 1. The number of carbonyl (C=O) groups is 1. The van der Waals surface area contributed by atoms with Gasteiger partial charge in [-0.3, -0.25) is 10.1 Å². The van der Waals surface area contributed by atoms with E-state index in [-0.39, 0.29) is 41.7 Å². The molecule has 0 bridgehead atoms. The Hall–Kier alpha value is -3.70. The van der Waals surface area contributed by atoms with E-state index in [4.69, 9.17) is 13.6 Å².